The van der Waals surface area contributed by atoms with Crippen molar-refractivity contribution >= 4 is 34.3 Å². The zero-order valence-corrected chi connectivity index (χ0v) is 16.0. The highest BCUT2D eigenvalue weighted by atomic mass is 16.4. The minimum absolute atomic E-state index is 0.0178. The summed E-state index contributed by atoms with van der Waals surface area (Å²) in [6.45, 7) is 6.12. The molecule has 0 saturated carbocycles. The van der Waals surface area contributed by atoms with Gasteiger partial charge in [-0.1, -0.05) is 13.8 Å². The summed E-state index contributed by atoms with van der Waals surface area (Å²) in [5.74, 6) is -1.60. The largest absolute Gasteiger partial charge is 0.508 e. The lowest BCUT2D eigenvalue weighted by Gasteiger charge is -2.10. The average molecular weight is 398 g/mol. The Bertz CT molecular complexity index is 1110. The molecule has 9 nitrogen and oxygen atoms in total. The second kappa shape index (κ2) is 8.27. The van der Waals surface area contributed by atoms with Gasteiger partial charge in [-0.15, -0.1) is 0 Å². The highest BCUT2D eigenvalue weighted by Crippen LogP contribution is 2.33. The fourth-order valence-electron chi connectivity index (χ4n) is 2.93. The van der Waals surface area contributed by atoms with Gasteiger partial charge in [0.05, 0.1) is 17.6 Å². The van der Waals surface area contributed by atoms with E-state index in [-0.39, 0.29) is 50.4 Å². The zero-order valence-electron chi connectivity index (χ0n) is 16.0. The molecule has 0 atom stereocenters. The maximum absolute atomic E-state index is 11.9. The summed E-state index contributed by atoms with van der Waals surface area (Å²) in [7, 11) is 0. The van der Waals surface area contributed by atoms with Crippen molar-refractivity contribution in [2.75, 3.05) is 19.6 Å². The number of phenolic OH excluding ortho intramolecular Hbond substituents is 3. The Labute approximate surface area is 166 Å². The molecule has 0 aliphatic carbocycles. The molecule has 152 valence electrons. The Balaban J connectivity index is 2.06. The number of nitrogens with zero attached hydrogens (tertiary/aromatic N) is 3. The van der Waals surface area contributed by atoms with Gasteiger partial charge in [-0.25, -0.2) is 14.8 Å². The summed E-state index contributed by atoms with van der Waals surface area (Å²) >= 11 is 0. The number of carboxylic acids is 1. The summed E-state index contributed by atoms with van der Waals surface area (Å²) in [4.78, 5) is 24.5. The lowest BCUT2D eigenvalue weighted by atomic mass is 10.0. The van der Waals surface area contributed by atoms with Gasteiger partial charge in [-0.05, 0) is 18.5 Å². The number of carbonyl (C=O) groups is 1. The Hall–Kier alpha value is -3.46. The Morgan fingerprint density at radius 1 is 1.10 bits per heavy atom. The van der Waals surface area contributed by atoms with E-state index in [2.05, 4.69) is 34.1 Å². The zero-order chi connectivity index (χ0) is 21.1. The molecular weight excluding hydrogens is 376 g/mol. The fourth-order valence-corrected chi connectivity index (χ4v) is 2.93. The Kier molecular flexibility index (Phi) is 5.79. The number of carboxylic acid groups (broad SMARTS) is 1. The van der Waals surface area contributed by atoms with Crippen LogP contribution in [0, 0.1) is 5.92 Å². The molecule has 1 heterocycles. The molecule has 0 radical (unpaired) electrons. The number of aromatic hydroxyl groups is 3. The van der Waals surface area contributed by atoms with Gasteiger partial charge in [0.1, 0.15) is 33.8 Å². The van der Waals surface area contributed by atoms with Crippen LogP contribution in [-0.2, 0) is 0 Å². The second-order valence-electron chi connectivity index (χ2n) is 7.05. The number of rotatable bonds is 7. The maximum Gasteiger partial charge on any atom is 0.338 e. The highest BCUT2D eigenvalue weighted by molar-refractivity contribution is 6.11. The summed E-state index contributed by atoms with van der Waals surface area (Å²) in [5.41, 5.74) is 0.0151. The minimum Gasteiger partial charge on any atom is -0.508 e. The van der Waals surface area contributed by atoms with Crippen molar-refractivity contribution in [1.29, 1.82) is 0 Å². The van der Waals surface area contributed by atoms with Gasteiger partial charge < -0.3 is 25.7 Å². The van der Waals surface area contributed by atoms with Gasteiger partial charge in [0, 0.05) is 30.5 Å². The van der Waals surface area contributed by atoms with Crippen LogP contribution in [-0.4, -0.2) is 62.2 Å². The first-order valence-corrected chi connectivity index (χ1v) is 9.11. The van der Waals surface area contributed by atoms with Crippen LogP contribution in [0.5, 0.6) is 17.2 Å². The third-order valence-corrected chi connectivity index (χ3v) is 4.21. The topological polar surface area (TPSA) is 148 Å². The number of hydrogen-bond acceptors (Lipinski definition) is 8. The first-order valence-electron chi connectivity index (χ1n) is 9.11. The number of aromatic nitrogens is 2. The van der Waals surface area contributed by atoms with E-state index in [1.54, 1.807) is 0 Å². The number of phenols is 3. The van der Waals surface area contributed by atoms with Gasteiger partial charge in [-0.3, -0.25) is 4.99 Å². The lowest BCUT2D eigenvalue weighted by molar-refractivity contribution is 0.0698. The van der Waals surface area contributed by atoms with Crippen LogP contribution in [0.15, 0.2) is 23.2 Å². The van der Waals surface area contributed by atoms with Crippen LogP contribution < -0.4 is 5.32 Å². The monoisotopic (exact) mass is 398 g/mol. The van der Waals surface area contributed by atoms with Crippen LogP contribution >= 0.6 is 0 Å². The summed E-state index contributed by atoms with van der Waals surface area (Å²) in [6.07, 6.45) is 1.38. The standard InChI is InChI=1S/C20H22N4O5/c1-10(2)8-21-3-4-22-9-11-5-14(26)18-19(16(11)20(28)29)24-17-13(23-18)6-12(25)7-15(17)27/h5-7,9-10,21,25-27H,3-4,8H2,1-2H3,(H,28,29). The molecular formula is C20H22N4O5. The number of fused-ring (bicyclic) bond motifs is 2. The van der Waals surface area contributed by atoms with E-state index < -0.39 is 5.97 Å². The van der Waals surface area contributed by atoms with Gasteiger partial charge in [-0.2, -0.15) is 0 Å². The summed E-state index contributed by atoms with van der Waals surface area (Å²) in [6, 6.07) is 3.61. The van der Waals surface area contributed by atoms with E-state index in [4.69, 9.17) is 0 Å². The van der Waals surface area contributed by atoms with Crippen LogP contribution in [0.2, 0.25) is 0 Å². The van der Waals surface area contributed by atoms with E-state index in [1.165, 1.54) is 18.3 Å². The average Bonchev–Trinajstić information content (AvgIpc) is 2.63. The van der Waals surface area contributed by atoms with Crippen molar-refractivity contribution in [3.8, 4) is 17.2 Å². The van der Waals surface area contributed by atoms with Gasteiger partial charge in [0.2, 0.25) is 0 Å². The van der Waals surface area contributed by atoms with Crippen molar-refractivity contribution in [2.45, 2.75) is 13.8 Å². The van der Waals surface area contributed by atoms with Crippen LogP contribution in [0.1, 0.15) is 29.8 Å². The molecule has 3 rings (SSSR count). The molecule has 0 amide bonds. The molecule has 0 bridgehead atoms. The van der Waals surface area contributed by atoms with Crippen molar-refractivity contribution in [3.05, 3.63) is 29.3 Å². The summed E-state index contributed by atoms with van der Waals surface area (Å²) < 4.78 is 0. The summed E-state index contributed by atoms with van der Waals surface area (Å²) in [5, 5.41) is 43.0. The van der Waals surface area contributed by atoms with Crippen LogP contribution in [0.25, 0.3) is 22.1 Å². The van der Waals surface area contributed by atoms with Gasteiger partial charge in [0.25, 0.3) is 0 Å². The fraction of sp³-hybridized carbons (Fsp3) is 0.300. The van der Waals surface area contributed by atoms with Crippen LogP contribution in [0.3, 0.4) is 0 Å². The number of hydrogen-bond donors (Lipinski definition) is 5. The predicted molar refractivity (Wildman–Crippen MR) is 109 cm³/mol. The van der Waals surface area contributed by atoms with Gasteiger partial charge >= 0.3 is 5.97 Å². The molecule has 3 aromatic rings. The first kappa shape index (κ1) is 20.3. The van der Waals surface area contributed by atoms with E-state index >= 15 is 0 Å². The first-order chi connectivity index (χ1) is 13.8. The second-order valence-corrected chi connectivity index (χ2v) is 7.05. The van der Waals surface area contributed by atoms with E-state index in [0.717, 1.165) is 12.6 Å². The maximum atomic E-state index is 11.9. The smallest absolute Gasteiger partial charge is 0.338 e. The molecule has 0 spiro atoms. The van der Waals surface area contributed by atoms with Gasteiger partial charge in [0.15, 0.2) is 0 Å². The van der Waals surface area contributed by atoms with E-state index in [1.807, 2.05) is 0 Å². The van der Waals surface area contributed by atoms with E-state index in [9.17, 15) is 25.2 Å². The van der Waals surface area contributed by atoms with Crippen LogP contribution in [0.4, 0.5) is 0 Å². The molecule has 0 aliphatic rings. The number of aromatic carboxylic acids is 1. The lowest BCUT2D eigenvalue weighted by Crippen LogP contribution is -2.22. The SMILES string of the molecule is CC(C)CNCCN=Cc1cc(O)c2nc3cc(O)cc(O)c3nc2c1C(=O)O. The molecule has 29 heavy (non-hydrogen) atoms. The number of benzene rings is 2. The van der Waals surface area contributed by atoms with E-state index in [0.29, 0.717) is 19.0 Å². The third kappa shape index (κ3) is 4.35. The number of nitrogens with one attached hydrogen (secondary N) is 1. The van der Waals surface area contributed by atoms with Crippen molar-refractivity contribution in [3.63, 3.8) is 0 Å². The molecule has 9 heteroatoms. The quantitative estimate of drug-likeness (QED) is 0.231. The third-order valence-electron chi connectivity index (χ3n) is 4.21. The normalized spacial score (nSPS) is 11.8. The minimum atomic E-state index is -1.26. The highest BCUT2D eigenvalue weighted by Gasteiger charge is 2.21. The molecule has 1 aromatic heterocycles. The predicted octanol–water partition coefficient (Wildman–Crippen LogP) is 2.26. The number of aliphatic imine (C=N–C) groups is 1. The Morgan fingerprint density at radius 3 is 2.52 bits per heavy atom. The molecule has 0 fully saturated rings. The molecule has 0 saturated heterocycles. The van der Waals surface area contributed by atoms with Crippen molar-refractivity contribution in [1.82, 2.24) is 15.3 Å². The van der Waals surface area contributed by atoms with Crippen molar-refractivity contribution < 1.29 is 25.2 Å². The molecule has 2 aromatic carbocycles. The molecule has 0 aliphatic heterocycles. The molecule has 0 unspecified atom stereocenters. The van der Waals surface area contributed by atoms with Crippen molar-refractivity contribution in [2.24, 2.45) is 10.9 Å². The molecule has 5 N–H and O–H groups in total. The Morgan fingerprint density at radius 2 is 1.83 bits per heavy atom.